The van der Waals surface area contributed by atoms with Crippen molar-refractivity contribution >= 4 is 21.4 Å². The van der Waals surface area contributed by atoms with E-state index in [1.54, 1.807) is 13.0 Å². The van der Waals surface area contributed by atoms with E-state index >= 15 is 0 Å². The number of hydrogen-bond acceptors (Lipinski definition) is 4. The van der Waals surface area contributed by atoms with E-state index in [0.29, 0.717) is 0 Å². The Balaban J connectivity index is 3.15. The fourth-order valence-electron chi connectivity index (χ4n) is 1.32. The van der Waals surface area contributed by atoms with Gasteiger partial charge in [-0.25, -0.2) is 8.42 Å². The first kappa shape index (κ1) is 14.2. The summed E-state index contributed by atoms with van der Waals surface area (Å²) in [4.78, 5) is 11.9. The maximum atomic E-state index is 11.8. The average molecular weight is 268 g/mol. The van der Waals surface area contributed by atoms with Gasteiger partial charge < -0.3 is 11.1 Å². The second kappa shape index (κ2) is 5.22. The minimum atomic E-state index is -3.40. The molecule has 3 N–H and O–H groups in total. The number of carbonyl (C=O) groups excluding carboxylic acids is 1. The van der Waals surface area contributed by atoms with Gasteiger partial charge in [-0.15, -0.1) is 6.58 Å². The molecule has 98 valence electrons. The smallest absolute Gasteiger partial charge is 0.251 e. The molecule has 0 saturated heterocycles. The quantitative estimate of drug-likeness (QED) is 0.629. The summed E-state index contributed by atoms with van der Waals surface area (Å²) in [7, 11) is -3.40. The summed E-state index contributed by atoms with van der Waals surface area (Å²) in [5.41, 5.74) is 6.04. The van der Waals surface area contributed by atoms with Crippen molar-refractivity contribution in [2.75, 3.05) is 12.0 Å². The van der Waals surface area contributed by atoms with E-state index in [9.17, 15) is 13.2 Å². The molecule has 0 aliphatic rings. The molecule has 18 heavy (non-hydrogen) atoms. The van der Waals surface area contributed by atoms with E-state index in [1.165, 1.54) is 18.2 Å². The van der Waals surface area contributed by atoms with Crippen LogP contribution >= 0.6 is 0 Å². The molecular formula is C12H16N2O3S. The van der Waals surface area contributed by atoms with Crippen LogP contribution in [-0.4, -0.2) is 26.6 Å². The van der Waals surface area contributed by atoms with Crippen LogP contribution in [0.3, 0.4) is 0 Å². The van der Waals surface area contributed by atoms with Crippen LogP contribution in [0.1, 0.15) is 17.3 Å². The zero-order chi connectivity index (χ0) is 13.9. The summed E-state index contributed by atoms with van der Waals surface area (Å²) in [6.07, 6.45) is 2.64. The Morgan fingerprint density at radius 3 is 2.56 bits per heavy atom. The van der Waals surface area contributed by atoms with E-state index < -0.39 is 9.84 Å². The van der Waals surface area contributed by atoms with Crippen LogP contribution < -0.4 is 11.1 Å². The minimum Gasteiger partial charge on any atom is -0.399 e. The summed E-state index contributed by atoms with van der Waals surface area (Å²) < 4.78 is 22.9. The van der Waals surface area contributed by atoms with Crippen molar-refractivity contribution in [3.8, 4) is 0 Å². The molecule has 1 rings (SSSR count). The van der Waals surface area contributed by atoms with Crippen molar-refractivity contribution in [1.82, 2.24) is 5.32 Å². The first-order chi connectivity index (χ1) is 8.24. The number of nitrogen functional groups attached to an aromatic ring is 1. The Morgan fingerprint density at radius 1 is 1.44 bits per heavy atom. The molecule has 0 saturated carbocycles. The third kappa shape index (κ3) is 3.59. The van der Waals surface area contributed by atoms with Gasteiger partial charge in [0.1, 0.15) is 0 Å². The topological polar surface area (TPSA) is 89.3 Å². The highest BCUT2D eigenvalue weighted by Crippen LogP contribution is 2.16. The summed E-state index contributed by atoms with van der Waals surface area (Å²) in [6.45, 7) is 5.31. The molecule has 6 heteroatoms. The van der Waals surface area contributed by atoms with Gasteiger partial charge in [-0.05, 0) is 25.1 Å². The van der Waals surface area contributed by atoms with Gasteiger partial charge in [-0.3, -0.25) is 4.79 Å². The Kier molecular flexibility index (Phi) is 4.13. The number of carbonyl (C=O) groups is 1. The molecular weight excluding hydrogens is 252 g/mol. The second-order valence-corrected chi connectivity index (χ2v) is 6.08. The summed E-state index contributed by atoms with van der Waals surface area (Å²) in [5, 5.41) is 2.64. The van der Waals surface area contributed by atoms with E-state index in [1.807, 2.05) is 0 Å². The highest BCUT2D eigenvalue weighted by molar-refractivity contribution is 7.90. The summed E-state index contributed by atoms with van der Waals surface area (Å²) >= 11 is 0. The molecule has 0 fully saturated rings. The van der Waals surface area contributed by atoms with Crippen LogP contribution in [0, 0.1) is 0 Å². The van der Waals surface area contributed by atoms with Crippen LogP contribution in [-0.2, 0) is 9.84 Å². The molecule has 1 amide bonds. The zero-order valence-electron chi connectivity index (χ0n) is 10.3. The number of benzene rings is 1. The number of nitrogens with one attached hydrogen (secondary N) is 1. The molecule has 0 bridgehead atoms. The lowest BCUT2D eigenvalue weighted by molar-refractivity contribution is 0.0947. The minimum absolute atomic E-state index is 0.0268. The van der Waals surface area contributed by atoms with Crippen LogP contribution in [0.15, 0.2) is 35.7 Å². The Morgan fingerprint density at radius 2 is 2.06 bits per heavy atom. The fraction of sp³-hybridized carbons (Fsp3) is 0.250. The number of anilines is 1. The van der Waals surface area contributed by atoms with Crippen molar-refractivity contribution in [3.05, 3.63) is 36.4 Å². The van der Waals surface area contributed by atoms with E-state index in [-0.39, 0.29) is 28.1 Å². The molecule has 0 spiro atoms. The number of rotatable bonds is 4. The number of amides is 1. The van der Waals surface area contributed by atoms with Crippen molar-refractivity contribution < 1.29 is 13.2 Å². The van der Waals surface area contributed by atoms with Gasteiger partial charge in [-0.2, -0.15) is 0 Å². The highest BCUT2D eigenvalue weighted by atomic mass is 32.2. The SMILES string of the molecule is C=CC(C)NC(=O)c1cc(N)cc(S(C)(=O)=O)c1. The van der Waals surface area contributed by atoms with Crippen molar-refractivity contribution in [2.45, 2.75) is 17.9 Å². The fourth-order valence-corrected chi connectivity index (χ4v) is 2.01. The molecule has 1 atom stereocenters. The molecule has 0 aliphatic heterocycles. The van der Waals surface area contributed by atoms with Gasteiger partial charge in [0.2, 0.25) is 0 Å². The van der Waals surface area contributed by atoms with E-state index in [0.717, 1.165) is 6.26 Å². The summed E-state index contributed by atoms with van der Waals surface area (Å²) in [5.74, 6) is -0.389. The Labute approximate surface area is 107 Å². The van der Waals surface area contributed by atoms with Gasteiger partial charge in [0.25, 0.3) is 5.91 Å². The second-order valence-electron chi connectivity index (χ2n) is 4.06. The first-order valence-electron chi connectivity index (χ1n) is 5.28. The lowest BCUT2D eigenvalue weighted by Crippen LogP contribution is -2.31. The van der Waals surface area contributed by atoms with Gasteiger partial charge in [0, 0.05) is 23.5 Å². The van der Waals surface area contributed by atoms with Crippen molar-refractivity contribution in [2.24, 2.45) is 0 Å². The number of hydrogen-bond donors (Lipinski definition) is 2. The molecule has 1 unspecified atom stereocenters. The zero-order valence-corrected chi connectivity index (χ0v) is 11.1. The molecule has 0 radical (unpaired) electrons. The lowest BCUT2D eigenvalue weighted by Gasteiger charge is -2.10. The third-order valence-electron chi connectivity index (χ3n) is 2.33. The standard InChI is InChI=1S/C12H16N2O3S/c1-4-8(2)14-12(15)9-5-10(13)7-11(6-9)18(3,16)17/h4-8H,1,13H2,2-3H3,(H,14,15). The van der Waals surface area contributed by atoms with Crippen molar-refractivity contribution in [3.63, 3.8) is 0 Å². The highest BCUT2D eigenvalue weighted by Gasteiger charge is 2.14. The van der Waals surface area contributed by atoms with Gasteiger partial charge in [0.15, 0.2) is 9.84 Å². The predicted molar refractivity (Wildman–Crippen MR) is 71.1 cm³/mol. The molecule has 1 aromatic carbocycles. The molecule has 5 nitrogen and oxygen atoms in total. The maximum absolute atomic E-state index is 11.8. The monoisotopic (exact) mass is 268 g/mol. The maximum Gasteiger partial charge on any atom is 0.251 e. The third-order valence-corrected chi connectivity index (χ3v) is 3.42. The Hall–Kier alpha value is -1.82. The Bertz CT molecular complexity index is 579. The van der Waals surface area contributed by atoms with Crippen LogP contribution in [0.25, 0.3) is 0 Å². The first-order valence-corrected chi connectivity index (χ1v) is 7.17. The van der Waals surface area contributed by atoms with Gasteiger partial charge in [0.05, 0.1) is 4.90 Å². The van der Waals surface area contributed by atoms with E-state index in [2.05, 4.69) is 11.9 Å². The largest absolute Gasteiger partial charge is 0.399 e. The van der Waals surface area contributed by atoms with Crippen LogP contribution in [0.5, 0.6) is 0 Å². The normalized spacial score (nSPS) is 12.8. The summed E-state index contributed by atoms with van der Waals surface area (Å²) in [6, 6.07) is 3.85. The van der Waals surface area contributed by atoms with Gasteiger partial charge >= 0.3 is 0 Å². The lowest BCUT2D eigenvalue weighted by atomic mass is 10.2. The number of nitrogens with two attached hydrogens (primary N) is 1. The molecule has 0 aromatic heterocycles. The number of sulfone groups is 1. The predicted octanol–water partition coefficient (Wildman–Crippen LogP) is 0.977. The molecule has 0 aliphatic carbocycles. The molecule has 1 aromatic rings. The van der Waals surface area contributed by atoms with E-state index in [4.69, 9.17) is 5.73 Å². The van der Waals surface area contributed by atoms with Crippen LogP contribution in [0.2, 0.25) is 0 Å². The van der Waals surface area contributed by atoms with Crippen molar-refractivity contribution in [1.29, 1.82) is 0 Å². The van der Waals surface area contributed by atoms with Gasteiger partial charge in [-0.1, -0.05) is 6.08 Å². The van der Waals surface area contributed by atoms with Crippen LogP contribution in [0.4, 0.5) is 5.69 Å². The average Bonchev–Trinajstić information content (AvgIpc) is 2.26. The molecule has 0 heterocycles.